The summed E-state index contributed by atoms with van der Waals surface area (Å²) in [4.78, 5) is 24.7. The lowest BCUT2D eigenvalue weighted by Gasteiger charge is -2.25. The molecule has 1 atom stereocenters. The molecule has 1 N–H and O–H groups in total. The third-order valence-electron chi connectivity index (χ3n) is 3.35. The number of carbonyl (C=O) groups is 2. The number of hydrogen-bond donors (Lipinski definition) is 1. The van der Waals surface area contributed by atoms with Gasteiger partial charge in [0.2, 0.25) is 0 Å². The number of carboxylic acid groups (broad SMARTS) is 1. The van der Waals surface area contributed by atoms with Crippen LogP contribution in [0.2, 0.25) is 0 Å². The summed E-state index contributed by atoms with van der Waals surface area (Å²) < 4.78 is 5.53. The van der Waals surface area contributed by atoms with Gasteiger partial charge < -0.3 is 14.7 Å². The summed E-state index contributed by atoms with van der Waals surface area (Å²) in [6.07, 6.45) is 1.89. The molecule has 5 nitrogen and oxygen atoms in total. The predicted octanol–water partition coefficient (Wildman–Crippen LogP) is 1.78. The maximum Gasteiger partial charge on any atom is 0.305 e. The minimum atomic E-state index is -0.900. The van der Waals surface area contributed by atoms with Crippen molar-refractivity contribution >= 4 is 11.9 Å². The fourth-order valence-corrected chi connectivity index (χ4v) is 2.30. The van der Waals surface area contributed by atoms with Crippen LogP contribution in [0.1, 0.15) is 29.6 Å². The summed E-state index contributed by atoms with van der Waals surface area (Å²) in [5, 5.41) is 8.81. The minimum Gasteiger partial charge on any atom is -0.481 e. The molecule has 0 bridgehead atoms. The van der Waals surface area contributed by atoms with E-state index in [4.69, 9.17) is 9.84 Å². The van der Waals surface area contributed by atoms with Gasteiger partial charge in [0, 0.05) is 25.3 Å². The summed E-state index contributed by atoms with van der Waals surface area (Å²) in [6.45, 7) is 1.39. The molecule has 0 spiro atoms. The molecule has 1 saturated heterocycles. The normalized spacial score (nSPS) is 17.9. The molecule has 20 heavy (non-hydrogen) atoms. The molecule has 1 aromatic carbocycles. The van der Waals surface area contributed by atoms with Crippen molar-refractivity contribution in [2.45, 2.75) is 25.4 Å². The van der Waals surface area contributed by atoms with E-state index in [-0.39, 0.29) is 25.0 Å². The van der Waals surface area contributed by atoms with E-state index < -0.39 is 5.97 Å². The molecule has 0 radical (unpaired) electrons. The SMILES string of the molecule is O=C(O)CCN(CC1CCCO1)C(=O)c1ccccc1. The number of carbonyl (C=O) groups excluding carboxylic acids is 1. The Labute approximate surface area is 118 Å². The average molecular weight is 277 g/mol. The Morgan fingerprint density at radius 1 is 1.30 bits per heavy atom. The number of ether oxygens (including phenoxy) is 1. The Morgan fingerprint density at radius 2 is 2.05 bits per heavy atom. The van der Waals surface area contributed by atoms with Crippen LogP contribution in [0, 0.1) is 0 Å². The molecule has 1 aromatic rings. The first kappa shape index (κ1) is 14.5. The third kappa shape index (κ3) is 4.06. The summed E-state index contributed by atoms with van der Waals surface area (Å²) in [5.41, 5.74) is 0.580. The number of aliphatic carboxylic acids is 1. The summed E-state index contributed by atoms with van der Waals surface area (Å²) in [5.74, 6) is -1.04. The van der Waals surface area contributed by atoms with Gasteiger partial charge in [0.15, 0.2) is 0 Å². The van der Waals surface area contributed by atoms with Crippen molar-refractivity contribution in [1.29, 1.82) is 0 Å². The molecule has 0 saturated carbocycles. The molecule has 108 valence electrons. The van der Waals surface area contributed by atoms with Gasteiger partial charge in [0.1, 0.15) is 0 Å². The van der Waals surface area contributed by atoms with Gasteiger partial charge in [-0.25, -0.2) is 0 Å². The first-order valence-corrected chi connectivity index (χ1v) is 6.84. The van der Waals surface area contributed by atoms with Crippen molar-refractivity contribution in [1.82, 2.24) is 4.90 Å². The quantitative estimate of drug-likeness (QED) is 0.860. The Kier molecular flexibility index (Phi) is 5.12. The van der Waals surface area contributed by atoms with E-state index in [1.54, 1.807) is 29.2 Å². The van der Waals surface area contributed by atoms with Gasteiger partial charge in [-0.05, 0) is 25.0 Å². The standard InChI is InChI=1S/C15H19NO4/c17-14(18)8-9-16(11-13-7-4-10-20-13)15(19)12-5-2-1-3-6-12/h1-3,5-6,13H,4,7-11H2,(H,17,18). The summed E-state index contributed by atoms with van der Waals surface area (Å²) in [7, 11) is 0. The molecular formula is C15H19NO4. The number of rotatable bonds is 6. The monoisotopic (exact) mass is 277 g/mol. The molecule has 0 aliphatic carbocycles. The van der Waals surface area contributed by atoms with Crippen molar-refractivity contribution < 1.29 is 19.4 Å². The Balaban J connectivity index is 2.03. The fourth-order valence-electron chi connectivity index (χ4n) is 2.30. The Morgan fingerprint density at radius 3 is 2.65 bits per heavy atom. The topological polar surface area (TPSA) is 66.8 Å². The zero-order chi connectivity index (χ0) is 14.4. The van der Waals surface area contributed by atoms with E-state index >= 15 is 0 Å². The molecule has 2 rings (SSSR count). The maximum atomic E-state index is 12.4. The van der Waals surface area contributed by atoms with E-state index in [0.717, 1.165) is 19.4 Å². The van der Waals surface area contributed by atoms with Gasteiger partial charge in [-0.2, -0.15) is 0 Å². The number of amides is 1. The van der Waals surface area contributed by atoms with Crippen LogP contribution in [0.3, 0.4) is 0 Å². The lowest BCUT2D eigenvalue weighted by Crippen LogP contribution is -2.38. The van der Waals surface area contributed by atoms with Gasteiger partial charge in [-0.3, -0.25) is 9.59 Å². The van der Waals surface area contributed by atoms with Gasteiger partial charge in [0.05, 0.1) is 12.5 Å². The van der Waals surface area contributed by atoms with E-state index in [1.165, 1.54) is 0 Å². The van der Waals surface area contributed by atoms with Crippen molar-refractivity contribution in [3.63, 3.8) is 0 Å². The van der Waals surface area contributed by atoms with Crippen LogP contribution < -0.4 is 0 Å². The largest absolute Gasteiger partial charge is 0.481 e. The first-order chi connectivity index (χ1) is 9.66. The molecule has 1 heterocycles. The molecule has 1 fully saturated rings. The molecule has 1 aliphatic heterocycles. The third-order valence-corrected chi connectivity index (χ3v) is 3.35. The van der Waals surface area contributed by atoms with Crippen LogP contribution in [0.25, 0.3) is 0 Å². The van der Waals surface area contributed by atoms with Crippen LogP contribution >= 0.6 is 0 Å². The zero-order valence-electron chi connectivity index (χ0n) is 11.3. The fraction of sp³-hybridized carbons (Fsp3) is 0.467. The zero-order valence-corrected chi connectivity index (χ0v) is 11.3. The number of hydrogen-bond acceptors (Lipinski definition) is 3. The van der Waals surface area contributed by atoms with E-state index in [2.05, 4.69) is 0 Å². The van der Waals surface area contributed by atoms with Gasteiger partial charge >= 0.3 is 5.97 Å². The molecule has 1 aliphatic rings. The number of carboxylic acids is 1. The average Bonchev–Trinajstić information content (AvgIpc) is 2.96. The molecule has 0 aromatic heterocycles. The van der Waals surface area contributed by atoms with Crippen LogP contribution in [-0.2, 0) is 9.53 Å². The van der Waals surface area contributed by atoms with E-state index in [1.807, 2.05) is 6.07 Å². The first-order valence-electron chi connectivity index (χ1n) is 6.84. The van der Waals surface area contributed by atoms with Gasteiger partial charge in [-0.15, -0.1) is 0 Å². The van der Waals surface area contributed by atoms with Crippen LogP contribution in [0.4, 0.5) is 0 Å². The highest BCUT2D eigenvalue weighted by Crippen LogP contribution is 2.15. The predicted molar refractivity (Wildman–Crippen MR) is 73.6 cm³/mol. The van der Waals surface area contributed by atoms with Crippen molar-refractivity contribution in [2.75, 3.05) is 19.7 Å². The van der Waals surface area contributed by atoms with E-state index in [9.17, 15) is 9.59 Å². The highest BCUT2D eigenvalue weighted by molar-refractivity contribution is 5.94. The molecule has 5 heteroatoms. The Bertz CT molecular complexity index is 454. The van der Waals surface area contributed by atoms with Crippen LogP contribution in [0.5, 0.6) is 0 Å². The van der Waals surface area contributed by atoms with Gasteiger partial charge in [-0.1, -0.05) is 18.2 Å². The second kappa shape index (κ2) is 7.05. The second-order valence-corrected chi connectivity index (χ2v) is 4.90. The van der Waals surface area contributed by atoms with E-state index in [0.29, 0.717) is 12.1 Å². The smallest absolute Gasteiger partial charge is 0.305 e. The number of benzene rings is 1. The van der Waals surface area contributed by atoms with Crippen molar-refractivity contribution in [3.8, 4) is 0 Å². The number of nitrogens with zero attached hydrogens (tertiary/aromatic N) is 1. The van der Waals surface area contributed by atoms with Crippen LogP contribution in [-0.4, -0.2) is 47.7 Å². The highest BCUT2D eigenvalue weighted by atomic mass is 16.5. The van der Waals surface area contributed by atoms with Crippen LogP contribution in [0.15, 0.2) is 30.3 Å². The van der Waals surface area contributed by atoms with Crippen molar-refractivity contribution in [2.24, 2.45) is 0 Å². The molecule has 1 unspecified atom stereocenters. The lowest BCUT2D eigenvalue weighted by molar-refractivity contribution is -0.137. The maximum absolute atomic E-state index is 12.4. The van der Waals surface area contributed by atoms with Gasteiger partial charge in [0.25, 0.3) is 5.91 Å². The minimum absolute atomic E-state index is 0.0245. The molecule has 1 amide bonds. The lowest BCUT2D eigenvalue weighted by atomic mass is 10.1. The summed E-state index contributed by atoms with van der Waals surface area (Å²) >= 11 is 0. The Hall–Kier alpha value is -1.88. The van der Waals surface area contributed by atoms with Crippen molar-refractivity contribution in [3.05, 3.63) is 35.9 Å². The molecular weight excluding hydrogens is 258 g/mol. The highest BCUT2D eigenvalue weighted by Gasteiger charge is 2.23. The second-order valence-electron chi connectivity index (χ2n) is 4.90. The summed E-state index contributed by atoms with van der Waals surface area (Å²) in [6, 6.07) is 8.93.